The molecule has 0 radical (unpaired) electrons. The zero-order valence-corrected chi connectivity index (χ0v) is 24.1. The monoisotopic (exact) mass is 542 g/mol. The van der Waals surface area contributed by atoms with E-state index in [1.54, 1.807) is 7.05 Å². The van der Waals surface area contributed by atoms with Crippen LogP contribution in [0.4, 0.5) is 0 Å². The van der Waals surface area contributed by atoms with Gasteiger partial charge in [-0.3, -0.25) is 10.4 Å². The molecule has 2 saturated heterocycles. The van der Waals surface area contributed by atoms with E-state index in [9.17, 15) is 5.41 Å². The van der Waals surface area contributed by atoms with E-state index < -0.39 is 0 Å². The summed E-state index contributed by atoms with van der Waals surface area (Å²) < 4.78 is 0. The molecule has 1 aliphatic carbocycles. The first-order valence-corrected chi connectivity index (χ1v) is 14.9. The molecule has 0 aromatic heterocycles. The van der Waals surface area contributed by atoms with Crippen molar-refractivity contribution in [2.24, 2.45) is 22.1 Å². The summed E-state index contributed by atoms with van der Waals surface area (Å²) in [6, 6.07) is 19.0. The number of likely N-dealkylation sites (tertiary alicyclic amines) is 1. The summed E-state index contributed by atoms with van der Waals surface area (Å²) in [5.74, 6) is 1.95. The van der Waals surface area contributed by atoms with Gasteiger partial charge >= 0.3 is 0 Å². The van der Waals surface area contributed by atoms with Gasteiger partial charge in [-0.05, 0) is 61.5 Å². The number of nitrogens with zero attached hydrogens (tertiary/aromatic N) is 2. The molecule has 0 bridgehead atoms. The Hall–Kier alpha value is -3.20. The van der Waals surface area contributed by atoms with Crippen LogP contribution < -0.4 is 27.2 Å². The van der Waals surface area contributed by atoms with Crippen molar-refractivity contribution in [2.45, 2.75) is 45.1 Å². The van der Waals surface area contributed by atoms with Crippen LogP contribution in [0.5, 0.6) is 0 Å². The highest BCUT2D eigenvalue weighted by molar-refractivity contribution is 6.28. The molecule has 2 aromatic carbocycles. The van der Waals surface area contributed by atoms with Gasteiger partial charge in [0.25, 0.3) is 0 Å². The summed E-state index contributed by atoms with van der Waals surface area (Å²) in [4.78, 5) is 7.47. The Kier molecular flexibility index (Phi) is 9.19. The van der Waals surface area contributed by atoms with Gasteiger partial charge in [0.1, 0.15) is 11.7 Å². The fourth-order valence-electron chi connectivity index (χ4n) is 6.46. The first-order valence-electron chi connectivity index (χ1n) is 14.9. The van der Waals surface area contributed by atoms with Crippen LogP contribution in [0.15, 0.2) is 71.0 Å². The molecule has 2 aromatic rings. The molecule has 0 atom stereocenters. The second-order valence-corrected chi connectivity index (χ2v) is 11.8. The number of rotatable bonds is 11. The molecular weight excluding hydrogens is 496 g/mol. The van der Waals surface area contributed by atoms with Gasteiger partial charge in [-0.2, -0.15) is 0 Å². The van der Waals surface area contributed by atoms with E-state index in [1.807, 2.05) is 25.1 Å². The summed E-state index contributed by atoms with van der Waals surface area (Å²) in [7, 11) is 1.78. The summed E-state index contributed by atoms with van der Waals surface area (Å²) in [5, 5.41) is 16.3. The molecule has 5 rings (SSSR count). The van der Waals surface area contributed by atoms with Gasteiger partial charge in [-0.1, -0.05) is 54.6 Å². The third-order valence-corrected chi connectivity index (χ3v) is 8.71. The molecular formula is C32H46N8. The van der Waals surface area contributed by atoms with Gasteiger partial charge in [0.15, 0.2) is 0 Å². The number of hydrazine groups is 1. The Morgan fingerprint density at radius 2 is 1.73 bits per heavy atom. The van der Waals surface area contributed by atoms with Crippen molar-refractivity contribution in [3.8, 4) is 0 Å². The Morgan fingerprint density at radius 1 is 1.05 bits per heavy atom. The maximum atomic E-state index is 9.18. The van der Waals surface area contributed by atoms with Crippen molar-refractivity contribution >= 4 is 11.5 Å². The summed E-state index contributed by atoms with van der Waals surface area (Å²) in [5.41, 5.74) is 17.2. The predicted molar refractivity (Wildman–Crippen MR) is 165 cm³/mol. The summed E-state index contributed by atoms with van der Waals surface area (Å²) in [6.45, 7) is 8.77. The molecule has 3 aliphatic rings. The van der Waals surface area contributed by atoms with Crippen molar-refractivity contribution < 1.29 is 0 Å². The average molecular weight is 543 g/mol. The number of nitrogens with two attached hydrogens (primary N) is 1. The number of hydrogen-bond acceptors (Lipinski definition) is 7. The van der Waals surface area contributed by atoms with Gasteiger partial charge in [-0.25, -0.2) is 5.43 Å². The second-order valence-electron chi connectivity index (χ2n) is 11.8. The summed E-state index contributed by atoms with van der Waals surface area (Å²) >= 11 is 0. The van der Waals surface area contributed by atoms with Gasteiger partial charge in [0.05, 0.1) is 11.3 Å². The first kappa shape index (κ1) is 28.3. The minimum absolute atomic E-state index is 0.333. The van der Waals surface area contributed by atoms with E-state index >= 15 is 0 Å². The highest BCUT2D eigenvalue weighted by atomic mass is 15.4. The van der Waals surface area contributed by atoms with Crippen LogP contribution in [-0.2, 0) is 6.42 Å². The number of hydrogen-bond donors (Lipinski definition) is 6. The lowest BCUT2D eigenvalue weighted by Crippen LogP contribution is -2.61. The lowest BCUT2D eigenvalue weighted by atomic mass is 9.67. The molecule has 214 valence electrons. The van der Waals surface area contributed by atoms with Gasteiger partial charge < -0.3 is 26.7 Å². The molecule has 2 aliphatic heterocycles. The van der Waals surface area contributed by atoms with Crippen LogP contribution in [0.3, 0.4) is 0 Å². The molecule has 3 fully saturated rings. The maximum absolute atomic E-state index is 9.18. The van der Waals surface area contributed by atoms with Crippen molar-refractivity contribution in [1.29, 1.82) is 5.41 Å². The average Bonchev–Trinajstić information content (AvgIpc) is 2.92. The third-order valence-electron chi connectivity index (χ3n) is 8.71. The van der Waals surface area contributed by atoms with Crippen molar-refractivity contribution in [3.05, 3.63) is 82.7 Å². The lowest BCUT2D eigenvalue weighted by molar-refractivity contribution is -0.0439. The van der Waals surface area contributed by atoms with Crippen LogP contribution in [-0.4, -0.2) is 68.8 Å². The van der Waals surface area contributed by atoms with E-state index in [0.717, 1.165) is 30.7 Å². The molecule has 8 heteroatoms. The van der Waals surface area contributed by atoms with E-state index in [1.165, 1.54) is 56.7 Å². The van der Waals surface area contributed by atoms with Gasteiger partial charge in [0, 0.05) is 57.9 Å². The fraction of sp³-hybridized carbons (Fsp3) is 0.500. The van der Waals surface area contributed by atoms with Crippen molar-refractivity contribution in [2.75, 3.05) is 46.3 Å². The lowest BCUT2D eigenvalue weighted by Gasteiger charge is -2.55. The minimum Gasteiger partial charge on any atom is -0.384 e. The smallest absolute Gasteiger partial charge is 0.134 e. The molecule has 7 N–H and O–H groups in total. The second kappa shape index (κ2) is 13.0. The molecule has 2 heterocycles. The molecule has 0 unspecified atom stereocenters. The normalized spacial score (nSPS) is 20.4. The maximum Gasteiger partial charge on any atom is 0.134 e. The van der Waals surface area contributed by atoms with Gasteiger partial charge in [0.2, 0.25) is 0 Å². The van der Waals surface area contributed by atoms with Crippen molar-refractivity contribution in [1.82, 2.24) is 26.4 Å². The Bertz CT molecular complexity index is 1180. The van der Waals surface area contributed by atoms with E-state index in [4.69, 9.17) is 10.7 Å². The zero-order valence-electron chi connectivity index (χ0n) is 24.1. The van der Waals surface area contributed by atoms with Gasteiger partial charge in [-0.15, -0.1) is 0 Å². The highest BCUT2D eigenvalue weighted by Gasteiger charge is 2.45. The van der Waals surface area contributed by atoms with Crippen LogP contribution in [0, 0.1) is 16.7 Å². The Balaban J connectivity index is 1.24. The van der Waals surface area contributed by atoms with E-state index in [-0.39, 0.29) is 0 Å². The Morgan fingerprint density at radius 3 is 2.33 bits per heavy atom. The van der Waals surface area contributed by atoms with Crippen molar-refractivity contribution in [3.63, 3.8) is 0 Å². The van der Waals surface area contributed by atoms with Crippen LogP contribution >= 0.6 is 0 Å². The SMILES string of the molecule is CC/N=C(NC1CCC2(CC1)CN(CC1CNC1)C2)\C(C(=N)c1ccc(Cc2ccccc2)cc1)=C(/N)NNC. The van der Waals surface area contributed by atoms with Crippen LogP contribution in [0.1, 0.15) is 49.3 Å². The van der Waals surface area contributed by atoms with E-state index in [0.29, 0.717) is 40.9 Å². The van der Waals surface area contributed by atoms with Crippen LogP contribution in [0.2, 0.25) is 0 Å². The van der Waals surface area contributed by atoms with E-state index in [2.05, 4.69) is 62.8 Å². The van der Waals surface area contributed by atoms with Crippen LogP contribution in [0.25, 0.3) is 0 Å². The number of benzene rings is 2. The highest BCUT2D eigenvalue weighted by Crippen LogP contribution is 2.44. The molecule has 40 heavy (non-hydrogen) atoms. The molecule has 1 spiro atoms. The Labute approximate surface area is 239 Å². The topological polar surface area (TPSA) is 114 Å². The standard InChI is InChI=1S/C32H46N8/c1-3-37-31(38-27-13-15-32(16-14-27)21-40(22-32)20-25-18-36-19-25)28(30(34)39-35-2)29(33)26-11-9-24(10-12-26)17-23-7-5-4-6-8-23/h4-12,25,27,33,35-36,39H,3,13-22,34H2,1-2H3,(H,37,38)/b30-28+,33-29?. The fourth-order valence-corrected chi connectivity index (χ4v) is 6.46. The number of aliphatic imine (C=N–C) groups is 1. The zero-order chi connectivity index (χ0) is 28.0. The number of amidine groups is 1. The predicted octanol–water partition coefficient (Wildman–Crippen LogP) is 3.01. The largest absolute Gasteiger partial charge is 0.384 e. The summed E-state index contributed by atoms with van der Waals surface area (Å²) in [6.07, 6.45) is 5.59. The molecule has 1 saturated carbocycles. The number of nitrogens with one attached hydrogen (secondary N) is 5. The molecule has 0 amide bonds. The quantitative estimate of drug-likeness (QED) is 0.148. The third kappa shape index (κ3) is 6.74. The first-order chi connectivity index (χ1) is 19.5. The minimum atomic E-state index is 0.333. The molecule has 8 nitrogen and oxygen atoms in total.